The summed E-state index contributed by atoms with van der Waals surface area (Å²) in [4.78, 5) is 0. The van der Waals surface area contributed by atoms with Crippen LogP contribution in [0.5, 0.6) is 5.75 Å². The average molecular weight is 195 g/mol. The van der Waals surface area contributed by atoms with Crippen molar-refractivity contribution in [3.63, 3.8) is 0 Å². The molecule has 0 unspecified atom stereocenters. The predicted octanol–water partition coefficient (Wildman–Crippen LogP) is 3.09. The molecule has 0 aromatic heterocycles. The van der Waals surface area contributed by atoms with Gasteiger partial charge in [0, 0.05) is 6.42 Å². The molecule has 3 rings (SSSR count). The Kier molecular flexibility index (Phi) is 1.95. The zero-order chi connectivity index (χ0) is 10.1. The van der Waals surface area contributed by atoms with Crippen molar-refractivity contribution in [3.05, 3.63) is 54.1 Å². The van der Waals surface area contributed by atoms with E-state index < -0.39 is 0 Å². The fourth-order valence-corrected chi connectivity index (χ4v) is 1.93. The molecule has 1 heteroatoms. The number of hydrogen-bond donors (Lipinski definition) is 0. The Morgan fingerprint density at radius 2 is 2.13 bits per heavy atom. The van der Waals surface area contributed by atoms with Gasteiger partial charge in [-0.2, -0.15) is 0 Å². The molecule has 2 aromatic carbocycles. The first-order valence-electron chi connectivity index (χ1n) is 5.16. The molecular weight excluding hydrogens is 184 g/mol. The highest BCUT2D eigenvalue weighted by atomic mass is 16.5. The number of hydrogen-bond acceptors (Lipinski definition) is 1. The minimum atomic E-state index is 0.817. The number of fused-ring (bicyclic) bond motifs is 1. The monoisotopic (exact) mass is 195 g/mol. The first-order valence-corrected chi connectivity index (χ1v) is 5.16. The zero-order valence-corrected chi connectivity index (χ0v) is 8.36. The van der Waals surface area contributed by atoms with Gasteiger partial charge in [-0.15, -0.1) is 0 Å². The Hall–Kier alpha value is -1.76. The van der Waals surface area contributed by atoms with Gasteiger partial charge in [0.2, 0.25) is 0 Å². The molecule has 1 radical (unpaired) electrons. The van der Waals surface area contributed by atoms with Crippen LogP contribution in [0.15, 0.2) is 42.5 Å². The van der Waals surface area contributed by atoms with Gasteiger partial charge in [0.1, 0.15) is 5.75 Å². The number of ether oxygens (including phenoxy) is 1. The van der Waals surface area contributed by atoms with Crippen LogP contribution < -0.4 is 4.74 Å². The van der Waals surface area contributed by atoms with E-state index in [2.05, 4.69) is 30.3 Å². The van der Waals surface area contributed by atoms with E-state index in [4.69, 9.17) is 4.74 Å². The van der Waals surface area contributed by atoms with Crippen molar-refractivity contribution in [2.75, 3.05) is 6.61 Å². The van der Waals surface area contributed by atoms with E-state index in [-0.39, 0.29) is 0 Å². The van der Waals surface area contributed by atoms with Crippen molar-refractivity contribution in [2.24, 2.45) is 0 Å². The van der Waals surface area contributed by atoms with Crippen molar-refractivity contribution in [1.29, 1.82) is 0 Å². The maximum absolute atomic E-state index is 5.48. The Morgan fingerprint density at radius 3 is 3.00 bits per heavy atom. The van der Waals surface area contributed by atoms with Gasteiger partial charge in [-0.05, 0) is 34.9 Å². The van der Waals surface area contributed by atoms with Crippen LogP contribution in [0.3, 0.4) is 0 Å². The lowest BCUT2D eigenvalue weighted by molar-refractivity contribution is 0.357. The molecule has 2 aromatic rings. The van der Waals surface area contributed by atoms with Gasteiger partial charge in [-0.3, -0.25) is 0 Å². The quantitative estimate of drug-likeness (QED) is 0.679. The Bertz CT molecular complexity index is 474. The molecule has 1 aliphatic heterocycles. The van der Waals surface area contributed by atoms with Crippen molar-refractivity contribution in [3.8, 4) is 16.9 Å². The highest BCUT2D eigenvalue weighted by molar-refractivity contribution is 5.65. The van der Waals surface area contributed by atoms with Crippen LogP contribution >= 0.6 is 0 Å². The molecule has 1 aliphatic rings. The minimum absolute atomic E-state index is 0.817. The van der Waals surface area contributed by atoms with E-state index in [1.807, 2.05) is 18.2 Å². The molecule has 0 fully saturated rings. The fraction of sp³-hybridized carbons (Fsp3) is 0.143. The normalized spacial score (nSPS) is 13.3. The van der Waals surface area contributed by atoms with Gasteiger partial charge in [0.15, 0.2) is 0 Å². The van der Waals surface area contributed by atoms with Crippen molar-refractivity contribution in [1.82, 2.24) is 0 Å². The van der Waals surface area contributed by atoms with Crippen LogP contribution in [0, 0.1) is 6.07 Å². The highest BCUT2D eigenvalue weighted by Crippen LogP contribution is 2.29. The van der Waals surface area contributed by atoms with Crippen LogP contribution in [0.4, 0.5) is 0 Å². The first-order chi connectivity index (χ1) is 7.43. The summed E-state index contributed by atoms with van der Waals surface area (Å²) in [5.41, 5.74) is 3.68. The molecule has 0 saturated carbocycles. The van der Waals surface area contributed by atoms with E-state index in [9.17, 15) is 0 Å². The molecule has 0 amide bonds. The lowest BCUT2D eigenvalue weighted by Gasteiger charge is -2.03. The molecule has 15 heavy (non-hydrogen) atoms. The van der Waals surface area contributed by atoms with E-state index in [1.54, 1.807) is 0 Å². The third-order valence-corrected chi connectivity index (χ3v) is 2.71. The molecule has 0 bridgehead atoms. The standard InChI is InChI=1S/C14H11O/c1-2-4-11(5-3-1)12-6-7-14-13(10-12)8-9-15-14/h1-4,6-7,10H,8-9H2. The molecule has 0 N–H and O–H groups in total. The molecule has 1 heterocycles. The van der Waals surface area contributed by atoms with Gasteiger partial charge in [0.05, 0.1) is 6.61 Å². The predicted molar refractivity (Wildman–Crippen MR) is 59.9 cm³/mol. The molecule has 1 nitrogen and oxygen atoms in total. The van der Waals surface area contributed by atoms with Gasteiger partial charge in [0.25, 0.3) is 0 Å². The Morgan fingerprint density at radius 1 is 1.13 bits per heavy atom. The average Bonchev–Trinajstić information content (AvgIpc) is 2.77. The number of benzene rings is 2. The fourth-order valence-electron chi connectivity index (χ4n) is 1.93. The summed E-state index contributed by atoms with van der Waals surface area (Å²) in [6.07, 6.45) is 1.02. The number of rotatable bonds is 1. The van der Waals surface area contributed by atoms with Gasteiger partial charge >= 0.3 is 0 Å². The second-order valence-electron chi connectivity index (χ2n) is 3.70. The summed E-state index contributed by atoms with van der Waals surface area (Å²) in [7, 11) is 0. The van der Waals surface area contributed by atoms with Crippen LogP contribution in [0.25, 0.3) is 11.1 Å². The van der Waals surface area contributed by atoms with E-state index in [1.165, 1.54) is 11.1 Å². The summed E-state index contributed by atoms with van der Waals surface area (Å²) in [5.74, 6) is 1.04. The Balaban J connectivity index is 2.07. The van der Waals surface area contributed by atoms with E-state index in [0.717, 1.165) is 24.3 Å². The molecule has 0 atom stereocenters. The van der Waals surface area contributed by atoms with E-state index in [0.29, 0.717) is 0 Å². The summed E-state index contributed by atoms with van der Waals surface area (Å²) in [6, 6.07) is 17.6. The zero-order valence-electron chi connectivity index (χ0n) is 8.36. The lowest BCUT2D eigenvalue weighted by Crippen LogP contribution is -1.85. The third-order valence-electron chi connectivity index (χ3n) is 2.71. The molecular formula is C14H11O. The smallest absolute Gasteiger partial charge is 0.122 e. The van der Waals surface area contributed by atoms with Gasteiger partial charge < -0.3 is 4.74 Å². The van der Waals surface area contributed by atoms with Gasteiger partial charge in [-0.1, -0.05) is 30.3 Å². The lowest BCUT2D eigenvalue weighted by atomic mass is 10.0. The second kappa shape index (κ2) is 3.43. The van der Waals surface area contributed by atoms with Crippen LogP contribution in [-0.2, 0) is 6.42 Å². The van der Waals surface area contributed by atoms with Crippen molar-refractivity contribution in [2.45, 2.75) is 6.42 Å². The maximum atomic E-state index is 5.48. The second-order valence-corrected chi connectivity index (χ2v) is 3.70. The summed E-state index contributed by atoms with van der Waals surface area (Å²) < 4.78 is 5.48. The molecule has 0 aliphatic carbocycles. The van der Waals surface area contributed by atoms with Gasteiger partial charge in [-0.25, -0.2) is 0 Å². The minimum Gasteiger partial charge on any atom is -0.493 e. The Labute approximate surface area is 89.3 Å². The van der Waals surface area contributed by atoms with Crippen molar-refractivity contribution < 1.29 is 4.74 Å². The van der Waals surface area contributed by atoms with Crippen molar-refractivity contribution >= 4 is 0 Å². The molecule has 0 spiro atoms. The van der Waals surface area contributed by atoms with Crippen LogP contribution in [0.1, 0.15) is 5.56 Å². The van der Waals surface area contributed by atoms with Crippen LogP contribution in [-0.4, -0.2) is 6.61 Å². The molecule has 0 saturated heterocycles. The summed E-state index contributed by atoms with van der Waals surface area (Å²) >= 11 is 0. The topological polar surface area (TPSA) is 9.23 Å². The highest BCUT2D eigenvalue weighted by Gasteiger charge is 2.12. The maximum Gasteiger partial charge on any atom is 0.122 e. The SMILES string of the molecule is [c]1ccccc1-c1ccc2c(c1)CCO2. The molecule has 73 valence electrons. The largest absolute Gasteiger partial charge is 0.493 e. The first kappa shape index (κ1) is 8.54. The summed E-state index contributed by atoms with van der Waals surface area (Å²) in [5, 5.41) is 0. The summed E-state index contributed by atoms with van der Waals surface area (Å²) in [6.45, 7) is 0.817. The van der Waals surface area contributed by atoms with Crippen LogP contribution in [0.2, 0.25) is 0 Å². The van der Waals surface area contributed by atoms with E-state index >= 15 is 0 Å². The third kappa shape index (κ3) is 1.50.